The second-order valence-electron chi connectivity index (χ2n) is 9.51. The number of amides is 1. The van der Waals surface area contributed by atoms with Crippen molar-refractivity contribution in [2.24, 2.45) is 0 Å². The van der Waals surface area contributed by atoms with Crippen LogP contribution in [0.3, 0.4) is 0 Å². The van der Waals surface area contributed by atoms with Crippen LogP contribution in [0, 0.1) is 0 Å². The van der Waals surface area contributed by atoms with Crippen molar-refractivity contribution >= 4 is 22.1 Å². The normalized spacial score (nSPS) is 16.4. The highest BCUT2D eigenvalue weighted by Crippen LogP contribution is 2.38. The number of aromatic nitrogens is 3. The van der Waals surface area contributed by atoms with Gasteiger partial charge in [-0.2, -0.15) is 0 Å². The summed E-state index contributed by atoms with van der Waals surface area (Å²) < 4.78 is 53.2. The second kappa shape index (κ2) is 10.3. The number of nitrogens with one attached hydrogen (secondary N) is 1. The molecular formula is C24H31N5O7S. The van der Waals surface area contributed by atoms with E-state index in [2.05, 4.69) is 14.9 Å². The van der Waals surface area contributed by atoms with Crippen LogP contribution in [0.2, 0.25) is 0 Å². The van der Waals surface area contributed by atoms with Crippen molar-refractivity contribution in [3.63, 3.8) is 0 Å². The van der Waals surface area contributed by atoms with Gasteiger partial charge in [0.1, 0.15) is 22.8 Å². The van der Waals surface area contributed by atoms with E-state index in [4.69, 9.17) is 18.6 Å². The first-order valence-electron chi connectivity index (χ1n) is 11.7. The van der Waals surface area contributed by atoms with E-state index in [-0.39, 0.29) is 18.3 Å². The maximum atomic E-state index is 13.5. The number of anilines is 1. The lowest BCUT2D eigenvalue weighted by Gasteiger charge is -2.33. The molecule has 1 N–H and O–H groups in total. The highest BCUT2D eigenvalue weighted by molar-refractivity contribution is 7.93. The highest BCUT2D eigenvalue weighted by Gasteiger charge is 2.36. The SMILES string of the molecule is COc1cccc(OC)c1-n1c(NS(=O)(=O)[C@H]2CCCN(C(=O)OC(C)(C)C)C2)nnc1-c1ccco1. The van der Waals surface area contributed by atoms with Crippen LogP contribution in [0.4, 0.5) is 10.7 Å². The van der Waals surface area contributed by atoms with Crippen LogP contribution in [-0.4, -0.2) is 72.3 Å². The number of hydrogen-bond acceptors (Lipinski definition) is 9. The van der Waals surface area contributed by atoms with E-state index in [1.807, 2.05) is 0 Å². The number of methoxy groups -OCH3 is 2. The molecule has 0 aliphatic carbocycles. The first-order valence-corrected chi connectivity index (χ1v) is 13.3. The zero-order chi connectivity index (χ0) is 26.8. The molecule has 37 heavy (non-hydrogen) atoms. The van der Waals surface area contributed by atoms with Gasteiger partial charge in [-0.25, -0.2) is 13.2 Å². The van der Waals surface area contributed by atoms with Crippen LogP contribution in [0.15, 0.2) is 41.0 Å². The fourth-order valence-corrected chi connectivity index (χ4v) is 5.48. The van der Waals surface area contributed by atoms with Crippen LogP contribution in [0.5, 0.6) is 11.5 Å². The van der Waals surface area contributed by atoms with E-state index in [0.29, 0.717) is 42.3 Å². The lowest BCUT2D eigenvalue weighted by molar-refractivity contribution is 0.0219. The summed E-state index contributed by atoms with van der Waals surface area (Å²) in [4.78, 5) is 14.0. The number of nitrogens with zero attached hydrogens (tertiary/aromatic N) is 4. The number of benzene rings is 1. The average molecular weight is 534 g/mol. The molecule has 1 aromatic carbocycles. The Balaban J connectivity index is 1.71. The summed E-state index contributed by atoms with van der Waals surface area (Å²) in [5.41, 5.74) is -0.297. The number of likely N-dealkylation sites (tertiary alicyclic amines) is 1. The molecule has 0 saturated carbocycles. The largest absolute Gasteiger partial charge is 0.494 e. The number of rotatable bonds is 7. The average Bonchev–Trinajstić information content (AvgIpc) is 3.52. The molecule has 1 aliphatic heterocycles. The summed E-state index contributed by atoms with van der Waals surface area (Å²) >= 11 is 0. The molecular weight excluding hydrogens is 502 g/mol. The zero-order valence-electron chi connectivity index (χ0n) is 21.4. The van der Waals surface area contributed by atoms with Crippen molar-refractivity contribution in [3.8, 4) is 28.8 Å². The van der Waals surface area contributed by atoms with Gasteiger partial charge in [-0.15, -0.1) is 10.2 Å². The molecule has 0 spiro atoms. The standard InChI is InChI=1S/C24H31N5O7S/c1-24(2,3)36-23(30)28-13-7-9-16(15-28)37(31,32)27-22-26-25-21(19-12-8-14-35-19)29(22)20-17(33-4)10-6-11-18(20)34-5/h6,8,10-12,14,16H,7,9,13,15H2,1-5H3,(H,26,27)/t16-/m0/s1. The Morgan fingerprint density at radius 2 is 1.81 bits per heavy atom. The van der Waals surface area contributed by atoms with Gasteiger partial charge in [0.05, 0.1) is 25.7 Å². The minimum absolute atomic E-state index is 0.0125. The molecule has 1 amide bonds. The molecule has 2 aromatic heterocycles. The third kappa shape index (κ3) is 5.66. The summed E-state index contributed by atoms with van der Waals surface area (Å²) in [5, 5.41) is 7.44. The van der Waals surface area contributed by atoms with E-state index in [9.17, 15) is 13.2 Å². The van der Waals surface area contributed by atoms with Gasteiger partial charge < -0.3 is 23.5 Å². The molecule has 1 saturated heterocycles. The van der Waals surface area contributed by atoms with Crippen LogP contribution < -0.4 is 14.2 Å². The number of hydrogen-bond donors (Lipinski definition) is 1. The van der Waals surface area contributed by atoms with E-state index in [0.717, 1.165) is 0 Å². The van der Waals surface area contributed by atoms with Crippen LogP contribution in [-0.2, 0) is 14.8 Å². The number of para-hydroxylation sites is 1. The van der Waals surface area contributed by atoms with Crippen molar-refractivity contribution < 1.29 is 31.8 Å². The van der Waals surface area contributed by atoms with Gasteiger partial charge in [-0.05, 0) is 57.9 Å². The second-order valence-corrected chi connectivity index (χ2v) is 11.5. The molecule has 0 unspecified atom stereocenters. The summed E-state index contributed by atoms with van der Waals surface area (Å²) in [7, 11) is -1.02. The Kier molecular flexibility index (Phi) is 7.35. The predicted octanol–water partition coefficient (Wildman–Crippen LogP) is 3.69. The molecule has 3 aromatic rings. The lowest BCUT2D eigenvalue weighted by Crippen LogP contribution is -2.48. The number of sulfonamides is 1. The van der Waals surface area contributed by atoms with Crippen molar-refractivity contribution in [3.05, 3.63) is 36.6 Å². The lowest BCUT2D eigenvalue weighted by atomic mass is 10.1. The summed E-state index contributed by atoms with van der Waals surface area (Å²) in [6.45, 7) is 5.69. The van der Waals surface area contributed by atoms with Crippen molar-refractivity contribution in [1.29, 1.82) is 0 Å². The highest BCUT2D eigenvalue weighted by atomic mass is 32.2. The smallest absolute Gasteiger partial charge is 0.410 e. The van der Waals surface area contributed by atoms with Gasteiger partial charge in [-0.3, -0.25) is 9.29 Å². The summed E-state index contributed by atoms with van der Waals surface area (Å²) in [5.74, 6) is 1.33. The Hall–Kier alpha value is -3.74. The van der Waals surface area contributed by atoms with Crippen LogP contribution in [0.1, 0.15) is 33.6 Å². The third-order valence-electron chi connectivity index (χ3n) is 5.73. The van der Waals surface area contributed by atoms with Crippen LogP contribution >= 0.6 is 0 Å². The van der Waals surface area contributed by atoms with E-state index in [1.165, 1.54) is 29.9 Å². The first kappa shape index (κ1) is 26.3. The maximum absolute atomic E-state index is 13.5. The molecule has 200 valence electrons. The van der Waals surface area contributed by atoms with Crippen molar-refractivity contribution in [1.82, 2.24) is 19.7 Å². The Morgan fingerprint density at radius 1 is 1.11 bits per heavy atom. The number of carbonyl (C=O) groups excluding carboxylic acids is 1. The van der Waals surface area contributed by atoms with E-state index in [1.54, 1.807) is 51.1 Å². The molecule has 1 aliphatic rings. The quantitative estimate of drug-likeness (QED) is 0.482. The molecule has 0 radical (unpaired) electrons. The molecule has 0 bridgehead atoms. The molecule has 4 rings (SSSR count). The Bertz CT molecular complexity index is 1320. The minimum Gasteiger partial charge on any atom is -0.494 e. The molecule has 3 heterocycles. The predicted molar refractivity (Wildman–Crippen MR) is 136 cm³/mol. The maximum Gasteiger partial charge on any atom is 0.410 e. The molecule has 1 fully saturated rings. The fraction of sp³-hybridized carbons (Fsp3) is 0.458. The van der Waals surface area contributed by atoms with Gasteiger partial charge in [0.2, 0.25) is 21.8 Å². The third-order valence-corrected chi connectivity index (χ3v) is 7.46. The summed E-state index contributed by atoms with van der Waals surface area (Å²) in [6.07, 6.45) is 1.81. The number of furan rings is 1. The first-order chi connectivity index (χ1) is 17.5. The van der Waals surface area contributed by atoms with E-state index >= 15 is 0 Å². The van der Waals surface area contributed by atoms with Gasteiger partial charge in [0, 0.05) is 13.1 Å². The Morgan fingerprint density at radius 3 is 2.41 bits per heavy atom. The van der Waals surface area contributed by atoms with E-state index < -0.39 is 27.0 Å². The topological polar surface area (TPSA) is 138 Å². The number of ether oxygens (including phenoxy) is 3. The monoisotopic (exact) mass is 533 g/mol. The Labute approximate surface area is 215 Å². The van der Waals surface area contributed by atoms with Crippen molar-refractivity contribution in [2.75, 3.05) is 32.0 Å². The van der Waals surface area contributed by atoms with Crippen LogP contribution in [0.25, 0.3) is 17.3 Å². The van der Waals surface area contributed by atoms with Gasteiger partial charge in [0.25, 0.3) is 0 Å². The van der Waals surface area contributed by atoms with Gasteiger partial charge >= 0.3 is 6.09 Å². The minimum atomic E-state index is -4.01. The van der Waals surface area contributed by atoms with Gasteiger partial charge in [0.15, 0.2) is 5.76 Å². The number of carbonyl (C=O) groups is 1. The van der Waals surface area contributed by atoms with Gasteiger partial charge in [-0.1, -0.05) is 6.07 Å². The zero-order valence-corrected chi connectivity index (χ0v) is 22.2. The summed E-state index contributed by atoms with van der Waals surface area (Å²) in [6, 6.07) is 8.53. The van der Waals surface area contributed by atoms with Crippen molar-refractivity contribution in [2.45, 2.75) is 44.5 Å². The molecule has 13 heteroatoms. The fourth-order valence-electron chi connectivity index (χ4n) is 4.07. The molecule has 1 atom stereocenters. The molecule has 12 nitrogen and oxygen atoms in total. The number of piperidine rings is 1.